The Labute approximate surface area is 232 Å². The van der Waals surface area contributed by atoms with E-state index in [0.717, 1.165) is 22.6 Å². The molecule has 2 aliphatic carbocycles. The van der Waals surface area contributed by atoms with E-state index in [2.05, 4.69) is 120 Å². The van der Waals surface area contributed by atoms with Gasteiger partial charge >= 0.3 is 0 Å². The van der Waals surface area contributed by atoms with E-state index in [1.807, 2.05) is 24.4 Å². The summed E-state index contributed by atoms with van der Waals surface area (Å²) in [5.74, 6) is 1.03. The zero-order valence-electron chi connectivity index (χ0n) is 21.6. The van der Waals surface area contributed by atoms with Gasteiger partial charge in [0.05, 0.1) is 5.69 Å². The molecule has 2 aliphatic rings. The SMILES string of the molecule is c1ccc(-c2ccc(-c3ccc4c(c3)C3(c5ccccc5-c5ccccc53)c3oc5ccccc5c3-4)cc2)nc1. The fourth-order valence-corrected chi connectivity index (χ4v) is 7.09. The first-order valence-corrected chi connectivity index (χ1v) is 13.7. The molecule has 0 N–H and O–H groups in total. The molecule has 0 amide bonds. The highest BCUT2D eigenvalue weighted by Gasteiger charge is 2.54. The van der Waals surface area contributed by atoms with Crippen LogP contribution >= 0.6 is 0 Å². The van der Waals surface area contributed by atoms with Gasteiger partial charge in [-0.2, -0.15) is 0 Å². The van der Waals surface area contributed by atoms with Gasteiger partial charge in [0, 0.05) is 22.7 Å². The van der Waals surface area contributed by atoms with Crippen LogP contribution in [0.15, 0.2) is 144 Å². The average molecular weight is 510 g/mol. The molecule has 0 saturated carbocycles. The molecule has 9 rings (SSSR count). The number of rotatable bonds is 2. The molecule has 0 unspecified atom stereocenters. The molecule has 5 aromatic carbocycles. The molecule has 7 aromatic rings. The van der Waals surface area contributed by atoms with Gasteiger partial charge in [0.1, 0.15) is 16.8 Å². The van der Waals surface area contributed by atoms with Crippen molar-refractivity contribution in [1.82, 2.24) is 4.98 Å². The Morgan fingerprint density at radius 1 is 0.500 bits per heavy atom. The third kappa shape index (κ3) is 2.70. The summed E-state index contributed by atoms with van der Waals surface area (Å²) in [7, 11) is 0. The highest BCUT2D eigenvalue weighted by Crippen LogP contribution is 2.64. The van der Waals surface area contributed by atoms with Gasteiger partial charge in [-0.25, -0.2) is 0 Å². The number of furan rings is 1. The molecular weight excluding hydrogens is 486 g/mol. The summed E-state index contributed by atoms with van der Waals surface area (Å²) in [6.07, 6.45) is 1.84. The van der Waals surface area contributed by atoms with Crippen molar-refractivity contribution < 1.29 is 4.42 Å². The van der Waals surface area contributed by atoms with Crippen LogP contribution in [-0.4, -0.2) is 4.98 Å². The number of benzene rings is 5. The molecule has 2 heteroatoms. The van der Waals surface area contributed by atoms with Crippen LogP contribution in [0, 0.1) is 0 Å². The van der Waals surface area contributed by atoms with Crippen LogP contribution in [0.3, 0.4) is 0 Å². The molecule has 2 nitrogen and oxygen atoms in total. The molecule has 2 heterocycles. The van der Waals surface area contributed by atoms with Crippen molar-refractivity contribution in [3.8, 4) is 44.6 Å². The van der Waals surface area contributed by atoms with Gasteiger partial charge in [-0.05, 0) is 68.8 Å². The molecule has 0 atom stereocenters. The number of hydrogen-bond acceptors (Lipinski definition) is 2. The highest BCUT2D eigenvalue weighted by atomic mass is 16.3. The first-order valence-electron chi connectivity index (χ1n) is 13.7. The lowest BCUT2D eigenvalue weighted by Crippen LogP contribution is -2.25. The highest BCUT2D eigenvalue weighted by molar-refractivity contribution is 6.05. The predicted molar refractivity (Wildman–Crippen MR) is 161 cm³/mol. The van der Waals surface area contributed by atoms with Crippen molar-refractivity contribution in [1.29, 1.82) is 0 Å². The molecule has 40 heavy (non-hydrogen) atoms. The fourth-order valence-electron chi connectivity index (χ4n) is 7.09. The topological polar surface area (TPSA) is 26.0 Å². The summed E-state index contributed by atoms with van der Waals surface area (Å²) in [5, 5.41) is 1.17. The van der Waals surface area contributed by atoms with E-state index < -0.39 is 5.41 Å². The van der Waals surface area contributed by atoms with Gasteiger partial charge in [0.15, 0.2) is 0 Å². The minimum Gasteiger partial charge on any atom is -0.459 e. The van der Waals surface area contributed by atoms with Gasteiger partial charge < -0.3 is 4.42 Å². The van der Waals surface area contributed by atoms with E-state index in [1.54, 1.807) is 0 Å². The molecule has 1 spiro atoms. The van der Waals surface area contributed by atoms with Crippen LogP contribution in [0.25, 0.3) is 55.6 Å². The van der Waals surface area contributed by atoms with Crippen LogP contribution in [0.1, 0.15) is 22.5 Å². The van der Waals surface area contributed by atoms with Crippen molar-refractivity contribution >= 4 is 11.0 Å². The predicted octanol–water partition coefficient (Wildman–Crippen LogP) is 9.51. The first-order chi connectivity index (χ1) is 19.8. The Kier molecular flexibility index (Phi) is 4.29. The number of nitrogens with zero attached hydrogens (tertiary/aromatic N) is 1. The summed E-state index contributed by atoms with van der Waals surface area (Å²) in [4.78, 5) is 4.52. The van der Waals surface area contributed by atoms with E-state index in [9.17, 15) is 0 Å². The van der Waals surface area contributed by atoms with Crippen molar-refractivity contribution in [2.24, 2.45) is 0 Å². The van der Waals surface area contributed by atoms with Crippen LogP contribution in [-0.2, 0) is 5.41 Å². The van der Waals surface area contributed by atoms with Crippen molar-refractivity contribution in [2.45, 2.75) is 5.41 Å². The van der Waals surface area contributed by atoms with Crippen LogP contribution in [0.2, 0.25) is 0 Å². The summed E-state index contributed by atoms with van der Waals surface area (Å²) in [5.41, 5.74) is 13.8. The maximum Gasteiger partial charge on any atom is 0.135 e. The smallest absolute Gasteiger partial charge is 0.135 e. The summed E-state index contributed by atoms with van der Waals surface area (Å²) in [6, 6.07) is 47.9. The van der Waals surface area contributed by atoms with Crippen molar-refractivity contribution in [3.05, 3.63) is 162 Å². The standard InChI is InChI=1S/C38H23NO/c1-4-12-31-27(9-1)28-10-2-5-13-32(28)38(31)33-23-26(24-16-18-25(19-17-24)34-14-7-8-22-39-34)20-21-29(33)36-30-11-3-6-15-35(30)40-37(36)38/h1-23H. The van der Waals surface area contributed by atoms with E-state index in [4.69, 9.17) is 4.42 Å². The monoisotopic (exact) mass is 509 g/mol. The zero-order valence-corrected chi connectivity index (χ0v) is 21.6. The van der Waals surface area contributed by atoms with E-state index in [-0.39, 0.29) is 0 Å². The second-order valence-corrected chi connectivity index (χ2v) is 10.7. The van der Waals surface area contributed by atoms with Crippen molar-refractivity contribution in [2.75, 3.05) is 0 Å². The second kappa shape index (κ2) is 7.91. The van der Waals surface area contributed by atoms with Crippen molar-refractivity contribution in [3.63, 3.8) is 0 Å². The normalized spacial score (nSPS) is 13.7. The van der Waals surface area contributed by atoms with E-state index in [1.165, 1.54) is 55.5 Å². The molecule has 0 fully saturated rings. The Morgan fingerprint density at radius 3 is 1.90 bits per heavy atom. The van der Waals surface area contributed by atoms with Crippen LogP contribution < -0.4 is 0 Å². The lowest BCUT2D eigenvalue weighted by molar-refractivity contribution is 0.507. The zero-order chi connectivity index (χ0) is 26.3. The summed E-state index contributed by atoms with van der Waals surface area (Å²) < 4.78 is 6.85. The molecule has 0 aliphatic heterocycles. The van der Waals surface area contributed by atoms with Gasteiger partial charge in [0.25, 0.3) is 0 Å². The maximum absolute atomic E-state index is 6.85. The molecule has 186 valence electrons. The van der Waals surface area contributed by atoms with Gasteiger partial charge in [-0.1, -0.05) is 109 Å². The lowest BCUT2D eigenvalue weighted by Gasteiger charge is -2.28. The average Bonchev–Trinajstić information content (AvgIpc) is 3.65. The molecular formula is C38H23NO. The minimum absolute atomic E-state index is 0.499. The first kappa shape index (κ1) is 21.7. The Hall–Kier alpha value is -5.21. The largest absolute Gasteiger partial charge is 0.459 e. The molecule has 2 aromatic heterocycles. The number of hydrogen-bond donors (Lipinski definition) is 0. The van der Waals surface area contributed by atoms with Crippen LogP contribution in [0.4, 0.5) is 0 Å². The lowest BCUT2D eigenvalue weighted by atomic mass is 9.72. The molecule has 0 saturated heterocycles. The molecule has 0 bridgehead atoms. The van der Waals surface area contributed by atoms with Crippen LogP contribution in [0.5, 0.6) is 0 Å². The summed E-state index contributed by atoms with van der Waals surface area (Å²) in [6.45, 7) is 0. The number of fused-ring (bicyclic) bond motifs is 12. The maximum atomic E-state index is 6.85. The third-order valence-corrected chi connectivity index (χ3v) is 8.76. The fraction of sp³-hybridized carbons (Fsp3) is 0.0263. The van der Waals surface area contributed by atoms with Gasteiger partial charge in [-0.3, -0.25) is 4.98 Å². The van der Waals surface area contributed by atoms with Gasteiger partial charge in [0.2, 0.25) is 0 Å². The number of aromatic nitrogens is 1. The Morgan fingerprint density at radius 2 is 1.15 bits per heavy atom. The molecule has 0 radical (unpaired) electrons. The van der Waals surface area contributed by atoms with E-state index in [0.29, 0.717) is 0 Å². The van der Waals surface area contributed by atoms with Gasteiger partial charge in [-0.15, -0.1) is 0 Å². The summed E-state index contributed by atoms with van der Waals surface area (Å²) >= 11 is 0. The quantitative estimate of drug-likeness (QED) is 0.232. The Bertz CT molecular complexity index is 2060. The second-order valence-electron chi connectivity index (χ2n) is 10.7. The number of para-hydroxylation sites is 1. The number of pyridine rings is 1. The third-order valence-electron chi connectivity index (χ3n) is 8.76. The minimum atomic E-state index is -0.499. The van der Waals surface area contributed by atoms with E-state index >= 15 is 0 Å². The Balaban J connectivity index is 1.32.